The average molecular weight is 325 g/mol. The fourth-order valence-electron chi connectivity index (χ4n) is 1.94. The number of aliphatic hydroxyl groups excluding tert-OH is 1. The average Bonchev–Trinajstić information content (AvgIpc) is 3.01. The first-order valence-corrected chi connectivity index (χ1v) is 9.19. The highest BCUT2D eigenvalue weighted by molar-refractivity contribution is 7.89. The van der Waals surface area contributed by atoms with Crippen molar-refractivity contribution < 1.29 is 13.5 Å². The second-order valence-corrected chi connectivity index (χ2v) is 7.46. The van der Waals surface area contributed by atoms with E-state index in [0.29, 0.717) is 6.42 Å². The number of aliphatic hydroxyl groups is 1. The lowest BCUT2D eigenvalue weighted by Crippen LogP contribution is -2.25. The molecule has 2 aromatic rings. The molecule has 6 heteroatoms. The Labute approximate surface area is 129 Å². The largest absolute Gasteiger partial charge is 0.388 e. The Balaban J connectivity index is 1.91. The Morgan fingerprint density at radius 2 is 1.95 bits per heavy atom. The highest BCUT2D eigenvalue weighted by atomic mass is 32.2. The number of sulfonamides is 1. The fourth-order valence-corrected chi connectivity index (χ4v) is 3.73. The van der Waals surface area contributed by atoms with Crippen molar-refractivity contribution >= 4 is 21.4 Å². The SMILES string of the molecule is CCc1ccc(S(=O)(=O)NCCC(O)c2cccs2)cc1. The van der Waals surface area contributed by atoms with Crippen LogP contribution in [0.4, 0.5) is 0 Å². The molecule has 0 fully saturated rings. The van der Waals surface area contributed by atoms with E-state index in [0.717, 1.165) is 16.9 Å². The second kappa shape index (κ2) is 7.17. The Bertz CT molecular complexity index is 649. The zero-order chi connectivity index (χ0) is 15.3. The molecular weight excluding hydrogens is 306 g/mol. The quantitative estimate of drug-likeness (QED) is 0.822. The molecule has 1 unspecified atom stereocenters. The number of nitrogens with one attached hydrogen (secondary N) is 1. The normalized spacial score (nSPS) is 13.2. The highest BCUT2D eigenvalue weighted by Crippen LogP contribution is 2.21. The third-order valence-electron chi connectivity index (χ3n) is 3.22. The van der Waals surface area contributed by atoms with Gasteiger partial charge in [-0.15, -0.1) is 11.3 Å². The van der Waals surface area contributed by atoms with Crippen LogP contribution in [0.2, 0.25) is 0 Å². The molecule has 0 aliphatic heterocycles. The summed E-state index contributed by atoms with van der Waals surface area (Å²) in [6.45, 7) is 2.23. The first-order valence-electron chi connectivity index (χ1n) is 6.83. The molecule has 1 heterocycles. The van der Waals surface area contributed by atoms with E-state index in [9.17, 15) is 13.5 Å². The summed E-state index contributed by atoms with van der Waals surface area (Å²) >= 11 is 1.46. The standard InChI is InChI=1S/C15H19NO3S2/c1-2-12-5-7-13(8-6-12)21(18,19)16-10-9-14(17)15-4-3-11-20-15/h3-8,11,14,16-17H,2,9-10H2,1H3. The van der Waals surface area contributed by atoms with Gasteiger partial charge in [-0.05, 0) is 42.0 Å². The minimum atomic E-state index is -3.51. The topological polar surface area (TPSA) is 66.4 Å². The third kappa shape index (κ3) is 4.38. The highest BCUT2D eigenvalue weighted by Gasteiger charge is 2.15. The number of hydrogen-bond acceptors (Lipinski definition) is 4. The van der Waals surface area contributed by atoms with Crippen molar-refractivity contribution in [3.05, 3.63) is 52.2 Å². The van der Waals surface area contributed by atoms with Gasteiger partial charge in [0.25, 0.3) is 0 Å². The summed E-state index contributed by atoms with van der Waals surface area (Å²) in [6, 6.07) is 10.5. The minimum Gasteiger partial charge on any atom is -0.388 e. The van der Waals surface area contributed by atoms with Gasteiger partial charge >= 0.3 is 0 Å². The first kappa shape index (κ1) is 16.2. The number of hydrogen-bond donors (Lipinski definition) is 2. The van der Waals surface area contributed by atoms with Gasteiger partial charge in [0.05, 0.1) is 11.0 Å². The Morgan fingerprint density at radius 1 is 1.24 bits per heavy atom. The number of thiophene rings is 1. The lowest BCUT2D eigenvalue weighted by Gasteiger charge is -2.10. The molecule has 0 spiro atoms. The molecule has 2 N–H and O–H groups in total. The van der Waals surface area contributed by atoms with E-state index in [2.05, 4.69) is 4.72 Å². The lowest BCUT2D eigenvalue weighted by molar-refractivity contribution is 0.173. The lowest BCUT2D eigenvalue weighted by atomic mass is 10.2. The zero-order valence-electron chi connectivity index (χ0n) is 11.8. The first-order chi connectivity index (χ1) is 10.0. The number of benzene rings is 1. The summed E-state index contributed by atoms with van der Waals surface area (Å²) in [4.78, 5) is 1.10. The Morgan fingerprint density at radius 3 is 2.52 bits per heavy atom. The van der Waals surface area contributed by atoms with Crippen molar-refractivity contribution in [1.29, 1.82) is 0 Å². The molecule has 4 nitrogen and oxygen atoms in total. The maximum atomic E-state index is 12.1. The molecule has 1 aromatic carbocycles. The molecule has 0 radical (unpaired) electrons. The number of aryl methyl sites for hydroxylation is 1. The Kier molecular flexibility index (Phi) is 5.52. The van der Waals surface area contributed by atoms with Crippen LogP contribution in [0.5, 0.6) is 0 Å². The molecule has 0 bridgehead atoms. The van der Waals surface area contributed by atoms with Gasteiger partial charge in [-0.1, -0.05) is 25.1 Å². The van der Waals surface area contributed by atoms with Gasteiger partial charge < -0.3 is 5.11 Å². The van der Waals surface area contributed by atoms with E-state index in [1.165, 1.54) is 11.3 Å². The van der Waals surface area contributed by atoms with Crippen LogP contribution >= 0.6 is 11.3 Å². The second-order valence-electron chi connectivity index (χ2n) is 4.72. The van der Waals surface area contributed by atoms with Crippen molar-refractivity contribution in [1.82, 2.24) is 4.72 Å². The Hall–Kier alpha value is -1.21. The molecule has 0 aliphatic rings. The third-order valence-corrected chi connectivity index (χ3v) is 5.67. The molecule has 0 amide bonds. The fraction of sp³-hybridized carbons (Fsp3) is 0.333. The van der Waals surface area contributed by atoms with Crippen molar-refractivity contribution in [2.75, 3.05) is 6.54 Å². The van der Waals surface area contributed by atoms with Crippen LogP contribution in [0.15, 0.2) is 46.7 Å². The van der Waals surface area contributed by atoms with E-state index >= 15 is 0 Å². The maximum Gasteiger partial charge on any atom is 0.240 e. The van der Waals surface area contributed by atoms with Gasteiger partial charge in [0.2, 0.25) is 10.0 Å². The molecule has 1 aromatic heterocycles. The smallest absolute Gasteiger partial charge is 0.240 e. The van der Waals surface area contributed by atoms with Crippen molar-refractivity contribution in [2.24, 2.45) is 0 Å². The predicted molar refractivity (Wildman–Crippen MR) is 84.9 cm³/mol. The summed E-state index contributed by atoms with van der Waals surface area (Å²) in [5, 5.41) is 11.8. The molecular formula is C15H19NO3S2. The molecule has 2 rings (SSSR count). The van der Waals surface area contributed by atoms with Gasteiger partial charge in [0.15, 0.2) is 0 Å². The van der Waals surface area contributed by atoms with Gasteiger partial charge in [0.1, 0.15) is 0 Å². The van der Waals surface area contributed by atoms with Crippen LogP contribution in [0, 0.1) is 0 Å². The van der Waals surface area contributed by atoms with Crippen molar-refractivity contribution in [3.8, 4) is 0 Å². The van der Waals surface area contributed by atoms with Crippen LogP contribution in [0.3, 0.4) is 0 Å². The summed E-state index contributed by atoms with van der Waals surface area (Å²) in [7, 11) is -3.51. The zero-order valence-corrected chi connectivity index (χ0v) is 13.5. The van der Waals surface area contributed by atoms with E-state index in [4.69, 9.17) is 0 Å². The van der Waals surface area contributed by atoms with Gasteiger partial charge in [-0.25, -0.2) is 13.1 Å². The van der Waals surface area contributed by atoms with E-state index < -0.39 is 16.1 Å². The van der Waals surface area contributed by atoms with Crippen LogP contribution in [0.25, 0.3) is 0 Å². The van der Waals surface area contributed by atoms with E-state index in [1.54, 1.807) is 12.1 Å². The monoisotopic (exact) mass is 325 g/mol. The number of rotatable bonds is 7. The van der Waals surface area contributed by atoms with Gasteiger partial charge in [0, 0.05) is 11.4 Å². The van der Waals surface area contributed by atoms with Crippen molar-refractivity contribution in [2.45, 2.75) is 30.8 Å². The molecule has 0 saturated carbocycles. The molecule has 21 heavy (non-hydrogen) atoms. The summed E-state index contributed by atoms with van der Waals surface area (Å²) in [5.74, 6) is 0. The van der Waals surface area contributed by atoms with E-state index in [1.807, 2.05) is 36.6 Å². The predicted octanol–water partition coefficient (Wildman–Crippen LogP) is 2.71. The van der Waals surface area contributed by atoms with Gasteiger partial charge in [-0.2, -0.15) is 0 Å². The molecule has 0 aliphatic carbocycles. The van der Waals surface area contributed by atoms with Crippen LogP contribution in [-0.4, -0.2) is 20.1 Å². The van der Waals surface area contributed by atoms with Crippen LogP contribution in [-0.2, 0) is 16.4 Å². The molecule has 1 atom stereocenters. The van der Waals surface area contributed by atoms with Crippen molar-refractivity contribution in [3.63, 3.8) is 0 Å². The van der Waals surface area contributed by atoms with Crippen LogP contribution in [0.1, 0.15) is 29.9 Å². The molecule has 114 valence electrons. The van der Waals surface area contributed by atoms with Gasteiger partial charge in [-0.3, -0.25) is 0 Å². The summed E-state index contributed by atoms with van der Waals surface area (Å²) < 4.78 is 26.7. The molecule has 0 saturated heterocycles. The summed E-state index contributed by atoms with van der Waals surface area (Å²) in [5.41, 5.74) is 1.10. The maximum absolute atomic E-state index is 12.1. The van der Waals surface area contributed by atoms with E-state index in [-0.39, 0.29) is 11.4 Å². The summed E-state index contributed by atoms with van der Waals surface area (Å²) in [6.07, 6.45) is 0.600. The van der Waals surface area contributed by atoms with Crippen LogP contribution < -0.4 is 4.72 Å². The minimum absolute atomic E-state index is 0.205.